The molecule has 0 bridgehead atoms. The molecule has 118 valence electrons. The van der Waals surface area contributed by atoms with Gasteiger partial charge in [-0.3, -0.25) is 4.79 Å². The molecule has 0 spiro atoms. The molecule has 22 heavy (non-hydrogen) atoms. The van der Waals surface area contributed by atoms with E-state index in [4.69, 9.17) is 4.52 Å². The first-order chi connectivity index (χ1) is 10.2. The molecule has 1 N–H and O–H groups in total. The van der Waals surface area contributed by atoms with Gasteiger partial charge in [-0.25, -0.2) is 0 Å². The molecule has 0 unspecified atom stereocenters. The van der Waals surface area contributed by atoms with Gasteiger partial charge in [-0.1, -0.05) is 19.0 Å². The zero-order valence-corrected chi connectivity index (χ0v) is 11.9. The Labute approximate surface area is 124 Å². The molecule has 8 heteroatoms. The quantitative estimate of drug-likeness (QED) is 0.933. The number of amides is 1. The maximum Gasteiger partial charge on any atom is 0.397 e. The largest absolute Gasteiger partial charge is 0.397 e. The highest BCUT2D eigenvalue weighted by Crippen LogP contribution is 2.23. The molecule has 5 nitrogen and oxygen atoms in total. The lowest BCUT2D eigenvalue weighted by Gasteiger charge is -2.07. The number of nitrogens with zero attached hydrogens (tertiary/aromatic N) is 2. The molecule has 1 aromatic heterocycles. The van der Waals surface area contributed by atoms with Crippen LogP contribution in [0.15, 0.2) is 28.8 Å². The highest BCUT2D eigenvalue weighted by Gasteiger charge is 2.31. The summed E-state index contributed by atoms with van der Waals surface area (Å²) >= 11 is 0. The first kappa shape index (κ1) is 16.0. The minimum absolute atomic E-state index is 0.124. The van der Waals surface area contributed by atoms with E-state index >= 15 is 0 Å². The van der Waals surface area contributed by atoms with E-state index in [9.17, 15) is 18.0 Å². The van der Waals surface area contributed by atoms with E-state index in [-0.39, 0.29) is 11.6 Å². The Morgan fingerprint density at radius 3 is 2.41 bits per heavy atom. The highest BCUT2D eigenvalue weighted by molar-refractivity contribution is 5.91. The third-order valence-electron chi connectivity index (χ3n) is 2.73. The van der Waals surface area contributed by atoms with Crippen molar-refractivity contribution >= 4 is 11.6 Å². The van der Waals surface area contributed by atoms with Crippen molar-refractivity contribution in [1.29, 1.82) is 0 Å². The number of hydrogen-bond acceptors (Lipinski definition) is 4. The first-order valence-corrected chi connectivity index (χ1v) is 6.55. The second-order valence-electron chi connectivity index (χ2n) is 5.03. The monoisotopic (exact) mass is 313 g/mol. The van der Waals surface area contributed by atoms with Crippen LogP contribution in [0, 0.1) is 0 Å². The normalized spacial score (nSPS) is 11.7. The number of hydrogen-bond donors (Lipinski definition) is 1. The molecular weight excluding hydrogens is 299 g/mol. The molecule has 1 aromatic carbocycles. The smallest absolute Gasteiger partial charge is 0.334 e. The number of nitrogens with one attached hydrogen (secondary N) is 1. The molecule has 0 atom stereocenters. The van der Waals surface area contributed by atoms with Crippen molar-refractivity contribution in [3.05, 3.63) is 30.1 Å². The van der Waals surface area contributed by atoms with Gasteiger partial charge in [0.25, 0.3) is 5.89 Å². The topological polar surface area (TPSA) is 68.0 Å². The fraction of sp³-hybridized carbons (Fsp3) is 0.357. The first-order valence-electron chi connectivity index (χ1n) is 6.55. The molecule has 0 saturated heterocycles. The molecule has 2 rings (SSSR count). The van der Waals surface area contributed by atoms with Gasteiger partial charge in [0.05, 0.1) is 0 Å². The second kappa shape index (κ2) is 6.17. The standard InChI is InChI=1S/C14H14F3N3O2/c1-8(2)12-19-13(22-20-12)9-3-5-10(6-4-9)18-11(21)7-14(15,16)17/h3-6,8H,7H2,1-2H3,(H,18,21). The van der Waals surface area contributed by atoms with Gasteiger partial charge in [0.15, 0.2) is 5.82 Å². The minimum atomic E-state index is -4.53. The average molecular weight is 313 g/mol. The third kappa shape index (κ3) is 4.31. The molecule has 0 aliphatic heterocycles. The van der Waals surface area contributed by atoms with Gasteiger partial charge in [-0.05, 0) is 24.3 Å². The summed E-state index contributed by atoms with van der Waals surface area (Å²) in [5.41, 5.74) is 0.884. The summed E-state index contributed by atoms with van der Waals surface area (Å²) < 4.78 is 41.3. The molecule has 0 saturated carbocycles. The van der Waals surface area contributed by atoms with Crippen molar-refractivity contribution in [3.8, 4) is 11.5 Å². The zero-order valence-electron chi connectivity index (χ0n) is 11.9. The van der Waals surface area contributed by atoms with Gasteiger partial charge < -0.3 is 9.84 Å². The predicted molar refractivity (Wildman–Crippen MR) is 73.1 cm³/mol. The molecule has 1 amide bonds. The van der Waals surface area contributed by atoms with Crippen LogP contribution in [0.3, 0.4) is 0 Å². The number of carbonyl (C=O) groups is 1. The van der Waals surface area contributed by atoms with Gasteiger partial charge in [0.2, 0.25) is 5.91 Å². The predicted octanol–water partition coefficient (Wildman–Crippen LogP) is 3.75. The van der Waals surface area contributed by atoms with Gasteiger partial charge in [-0.15, -0.1) is 0 Å². The number of benzene rings is 1. The Morgan fingerprint density at radius 2 is 1.91 bits per heavy atom. The molecule has 0 aliphatic rings. The number of rotatable bonds is 4. The summed E-state index contributed by atoms with van der Waals surface area (Å²) in [5.74, 6) is -0.104. The van der Waals surface area contributed by atoms with Crippen molar-refractivity contribution in [1.82, 2.24) is 10.1 Å². The Kier molecular flexibility index (Phi) is 4.48. The van der Waals surface area contributed by atoms with E-state index in [2.05, 4.69) is 15.5 Å². The maximum atomic E-state index is 12.1. The Hall–Kier alpha value is -2.38. The van der Waals surface area contributed by atoms with E-state index in [0.717, 1.165) is 0 Å². The van der Waals surface area contributed by atoms with Gasteiger partial charge >= 0.3 is 6.18 Å². The zero-order chi connectivity index (χ0) is 16.3. The van der Waals surface area contributed by atoms with Gasteiger partial charge in [-0.2, -0.15) is 18.2 Å². The van der Waals surface area contributed by atoms with Crippen LogP contribution in [0.2, 0.25) is 0 Å². The van der Waals surface area contributed by atoms with Crippen LogP contribution in [0.1, 0.15) is 32.0 Å². The van der Waals surface area contributed by atoms with Crippen molar-refractivity contribution < 1.29 is 22.5 Å². The molecule has 0 radical (unpaired) electrons. The van der Waals surface area contributed by atoms with Crippen LogP contribution in [-0.2, 0) is 4.79 Å². The van der Waals surface area contributed by atoms with Crippen molar-refractivity contribution in [3.63, 3.8) is 0 Å². The van der Waals surface area contributed by atoms with E-state index in [1.54, 1.807) is 12.1 Å². The minimum Gasteiger partial charge on any atom is -0.334 e. The Morgan fingerprint density at radius 1 is 1.27 bits per heavy atom. The molecule has 2 aromatic rings. The van der Waals surface area contributed by atoms with Gasteiger partial charge in [0, 0.05) is 17.2 Å². The number of halogens is 3. The van der Waals surface area contributed by atoms with Crippen LogP contribution in [-0.4, -0.2) is 22.2 Å². The molecule has 1 heterocycles. The molecule has 0 aliphatic carbocycles. The van der Waals surface area contributed by atoms with E-state index in [0.29, 0.717) is 17.3 Å². The molecule has 0 fully saturated rings. The van der Waals surface area contributed by atoms with Gasteiger partial charge in [0.1, 0.15) is 6.42 Å². The summed E-state index contributed by atoms with van der Waals surface area (Å²) in [4.78, 5) is 15.4. The summed E-state index contributed by atoms with van der Waals surface area (Å²) in [6.45, 7) is 3.85. The Bertz CT molecular complexity index is 648. The fourth-order valence-corrected chi connectivity index (χ4v) is 1.67. The van der Waals surface area contributed by atoms with Crippen LogP contribution in [0.25, 0.3) is 11.5 Å². The summed E-state index contributed by atoms with van der Waals surface area (Å²) in [5, 5.41) is 6.00. The maximum absolute atomic E-state index is 12.1. The fourth-order valence-electron chi connectivity index (χ4n) is 1.67. The number of anilines is 1. The third-order valence-corrected chi connectivity index (χ3v) is 2.73. The lowest BCUT2D eigenvalue weighted by molar-refractivity contribution is -0.150. The van der Waals surface area contributed by atoms with Crippen molar-refractivity contribution in [2.75, 3.05) is 5.32 Å². The summed E-state index contributed by atoms with van der Waals surface area (Å²) in [6, 6.07) is 6.12. The van der Waals surface area contributed by atoms with Crippen molar-refractivity contribution in [2.24, 2.45) is 0 Å². The number of carbonyl (C=O) groups excluding carboxylic acids is 1. The van der Waals surface area contributed by atoms with E-state index in [1.165, 1.54) is 12.1 Å². The summed E-state index contributed by atoms with van der Waals surface area (Å²) in [7, 11) is 0. The van der Waals surface area contributed by atoms with E-state index < -0.39 is 18.5 Å². The number of alkyl halides is 3. The van der Waals surface area contributed by atoms with E-state index in [1.807, 2.05) is 13.8 Å². The highest BCUT2D eigenvalue weighted by atomic mass is 19.4. The SMILES string of the molecule is CC(C)c1noc(-c2ccc(NC(=O)CC(F)(F)F)cc2)n1. The van der Waals surface area contributed by atoms with Crippen LogP contribution >= 0.6 is 0 Å². The Balaban J connectivity index is 2.05. The van der Waals surface area contributed by atoms with Crippen LogP contribution in [0.5, 0.6) is 0 Å². The lowest BCUT2D eigenvalue weighted by Crippen LogP contribution is -2.21. The number of aromatic nitrogens is 2. The van der Waals surface area contributed by atoms with Crippen LogP contribution in [0.4, 0.5) is 18.9 Å². The molecular formula is C14H14F3N3O2. The second-order valence-corrected chi connectivity index (χ2v) is 5.03. The summed E-state index contributed by atoms with van der Waals surface area (Å²) in [6.07, 6.45) is -6.04. The average Bonchev–Trinajstić information content (AvgIpc) is 2.87. The van der Waals surface area contributed by atoms with Crippen LogP contribution < -0.4 is 5.32 Å². The lowest BCUT2D eigenvalue weighted by atomic mass is 10.2. The van der Waals surface area contributed by atoms with Crippen molar-refractivity contribution in [2.45, 2.75) is 32.4 Å².